The van der Waals surface area contributed by atoms with Crippen molar-refractivity contribution in [3.05, 3.63) is 36.0 Å². The van der Waals surface area contributed by atoms with Gasteiger partial charge in [0.15, 0.2) is 0 Å². The van der Waals surface area contributed by atoms with Crippen LogP contribution in [0.1, 0.15) is 27.2 Å². The molecule has 0 amide bonds. The summed E-state index contributed by atoms with van der Waals surface area (Å²) in [5.41, 5.74) is 3.01. The van der Waals surface area contributed by atoms with E-state index < -0.39 is 0 Å². The Morgan fingerprint density at radius 1 is 1.55 bits per heavy atom. The van der Waals surface area contributed by atoms with Crippen LogP contribution < -0.4 is 0 Å². The molecule has 0 saturated heterocycles. The molecule has 0 aromatic carbocycles. The first-order chi connectivity index (χ1) is 5.06. The molecule has 0 aromatic heterocycles. The quantitative estimate of drug-likeness (QED) is 0.499. The number of hydrogen-bond donors (Lipinski definition) is 0. The Morgan fingerprint density at radius 3 is 2.64 bits per heavy atom. The lowest BCUT2D eigenvalue weighted by molar-refractivity contribution is 0.536. The third-order valence-electron chi connectivity index (χ3n) is 2.16. The van der Waals surface area contributed by atoms with Crippen molar-refractivity contribution < 1.29 is 0 Å². The summed E-state index contributed by atoms with van der Waals surface area (Å²) in [6, 6.07) is 0. The summed E-state index contributed by atoms with van der Waals surface area (Å²) < 4.78 is 0. The Kier molecular flexibility index (Phi) is 2.03. The van der Waals surface area contributed by atoms with E-state index in [0.717, 1.165) is 6.42 Å². The van der Waals surface area contributed by atoms with E-state index in [1.54, 1.807) is 0 Å². The van der Waals surface area contributed by atoms with Crippen LogP contribution in [-0.4, -0.2) is 0 Å². The Labute approximate surface area is 69.3 Å². The van der Waals surface area contributed by atoms with Gasteiger partial charge in [-0.15, -0.1) is 6.58 Å². The molecule has 0 saturated carbocycles. The topological polar surface area (TPSA) is 0 Å². The van der Waals surface area contributed by atoms with E-state index in [4.69, 9.17) is 0 Å². The molecule has 1 rings (SSSR count). The molecule has 1 unspecified atom stereocenters. The zero-order valence-corrected chi connectivity index (χ0v) is 7.65. The van der Waals surface area contributed by atoms with Gasteiger partial charge < -0.3 is 0 Å². The van der Waals surface area contributed by atoms with Gasteiger partial charge in [0.25, 0.3) is 0 Å². The minimum Gasteiger partial charge on any atom is -0.102 e. The van der Waals surface area contributed by atoms with E-state index in [1.807, 2.05) is 6.08 Å². The van der Waals surface area contributed by atoms with E-state index in [9.17, 15) is 0 Å². The molecule has 0 fully saturated rings. The molecule has 60 valence electrons. The lowest BCUT2D eigenvalue weighted by Gasteiger charge is -2.26. The highest BCUT2D eigenvalue weighted by Crippen LogP contribution is 2.34. The van der Waals surface area contributed by atoms with Crippen LogP contribution in [0.25, 0.3) is 0 Å². The fraction of sp³-hybridized carbons (Fsp3) is 0.455. The molecular weight excluding hydrogens is 132 g/mol. The number of rotatable bonds is 1. The van der Waals surface area contributed by atoms with Gasteiger partial charge in [0, 0.05) is 5.41 Å². The zero-order valence-electron chi connectivity index (χ0n) is 7.65. The van der Waals surface area contributed by atoms with Crippen LogP contribution in [0, 0.1) is 5.41 Å². The molecule has 0 heterocycles. The Morgan fingerprint density at radius 2 is 2.18 bits per heavy atom. The van der Waals surface area contributed by atoms with Gasteiger partial charge in [0.05, 0.1) is 0 Å². The zero-order chi connectivity index (χ0) is 8.48. The molecule has 1 atom stereocenters. The minimum atomic E-state index is 0.197. The molecule has 0 N–H and O–H groups in total. The van der Waals surface area contributed by atoms with Crippen LogP contribution in [-0.2, 0) is 0 Å². The molecule has 0 radical (unpaired) electrons. The summed E-state index contributed by atoms with van der Waals surface area (Å²) in [6.07, 6.45) is 7.68. The highest BCUT2D eigenvalue weighted by atomic mass is 14.2. The third kappa shape index (κ3) is 1.83. The minimum absolute atomic E-state index is 0.197. The van der Waals surface area contributed by atoms with Crippen LogP contribution in [0.5, 0.6) is 0 Å². The predicted octanol–water partition coefficient (Wildman–Crippen LogP) is 3.48. The summed E-state index contributed by atoms with van der Waals surface area (Å²) in [7, 11) is 0. The lowest BCUT2D eigenvalue weighted by Crippen LogP contribution is -2.13. The van der Waals surface area contributed by atoms with Crippen molar-refractivity contribution in [1.82, 2.24) is 0 Å². The third-order valence-corrected chi connectivity index (χ3v) is 2.16. The molecule has 0 aliphatic heterocycles. The molecule has 0 spiro atoms. The standard InChI is InChI=1S/C11H16/c1-5-11(4)7-9(2)6-10(3)8-11/h5-7H,1,8H2,2-4H3. The van der Waals surface area contributed by atoms with Crippen molar-refractivity contribution in [2.45, 2.75) is 27.2 Å². The van der Waals surface area contributed by atoms with Crippen molar-refractivity contribution in [3.8, 4) is 0 Å². The van der Waals surface area contributed by atoms with Gasteiger partial charge in [-0.1, -0.05) is 36.3 Å². The molecule has 1 aliphatic rings. The molecule has 0 aromatic rings. The normalized spacial score (nSPS) is 30.8. The maximum absolute atomic E-state index is 3.85. The molecule has 11 heavy (non-hydrogen) atoms. The van der Waals surface area contributed by atoms with Gasteiger partial charge in [0.2, 0.25) is 0 Å². The fourth-order valence-corrected chi connectivity index (χ4v) is 1.78. The highest BCUT2D eigenvalue weighted by molar-refractivity contribution is 5.31. The molecule has 0 heteroatoms. The van der Waals surface area contributed by atoms with Gasteiger partial charge in [0.1, 0.15) is 0 Å². The van der Waals surface area contributed by atoms with Crippen LogP contribution in [0.15, 0.2) is 36.0 Å². The summed E-state index contributed by atoms with van der Waals surface area (Å²) in [4.78, 5) is 0. The highest BCUT2D eigenvalue weighted by Gasteiger charge is 2.20. The second kappa shape index (κ2) is 2.69. The molecule has 0 nitrogen and oxygen atoms in total. The van der Waals surface area contributed by atoms with E-state index >= 15 is 0 Å². The van der Waals surface area contributed by atoms with Crippen molar-refractivity contribution in [1.29, 1.82) is 0 Å². The Hall–Kier alpha value is -0.780. The fourth-order valence-electron chi connectivity index (χ4n) is 1.78. The van der Waals surface area contributed by atoms with Crippen molar-refractivity contribution in [2.24, 2.45) is 5.41 Å². The average Bonchev–Trinajstić information content (AvgIpc) is 1.84. The summed E-state index contributed by atoms with van der Waals surface area (Å²) in [5.74, 6) is 0. The smallest absolute Gasteiger partial charge is 0.00728 e. The monoisotopic (exact) mass is 148 g/mol. The average molecular weight is 148 g/mol. The van der Waals surface area contributed by atoms with Gasteiger partial charge in [-0.05, 0) is 20.3 Å². The first kappa shape index (κ1) is 8.32. The van der Waals surface area contributed by atoms with Crippen molar-refractivity contribution >= 4 is 0 Å². The molecular formula is C11H16. The summed E-state index contributed by atoms with van der Waals surface area (Å²) in [6.45, 7) is 10.4. The predicted molar refractivity (Wildman–Crippen MR) is 50.4 cm³/mol. The van der Waals surface area contributed by atoms with E-state index in [-0.39, 0.29) is 5.41 Å². The van der Waals surface area contributed by atoms with Gasteiger partial charge in [-0.2, -0.15) is 0 Å². The van der Waals surface area contributed by atoms with Crippen molar-refractivity contribution in [3.63, 3.8) is 0 Å². The lowest BCUT2D eigenvalue weighted by atomic mass is 9.79. The second-order valence-electron chi connectivity index (χ2n) is 3.77. The van der Waals surface area contributed by atoms with Crippen LogP contribution >= 0.6 is 0 Å². The Balaban J connectivity index is 2.95. The van der Waals surface area contributed by atoms with Crippen LogP contribution in [0.2, 0.25) is 0 Å². The van der Waals surface area contributed by atoms with Gasteiger partial charge in [-0.3, -0.25) is 0 Å². The SMILES string of the molecule is C=CC1(C)C=C(C)C=C(C)C1. The van der Waals surface area contributed by atoms with Gasteiger partial charge >= 0.3 is 0 Å². The van der Waals surface area contributed by atoms with Crippen molar-refractivity contribution in [2.75, 3.05) is 0 Å². The van der Waals surface area contributed by atoms with E-state index in [1.165, 1.54) is 11.1 Å². The maximum atomic E-state index is 3.85. The van der Waals surface area contributed by atoms with Crippen LogP contribution in [0.3, 0.4) is 0 Å². The molecule has 0 bridgehead atoms. The largest absolute Gasteiger partial charge is 0.102 e. The summed E-state index contributed by atoms with van der Waals surface area (Å²) in [5, 5.41) is 0. The van der Waals surface area contributed by atoms with Crippen LogP contribution in [0.4, 0.5) is 0 Å². The molecule has 1 aliphatic carbocycles. The van der Waals surface area contributed by atoms with E-state index in [0.29, 0.717) is 0 Å². The number of allylic oxidation sites excluding steroid dienone is 5. The number of hydrogen-bond acceptors (Lipinski definition) is 0. The maximum Gasteiger partial charge on any atom is 0.00728 e. The summed E-state index contributed by atoms with van der Waals surface area (Å²) >= 11 is 0. The second-order valence-corrected chi connectivity index (χ2v) is 3.77. The van der Waals surface area contributed by atoms with E-state index in [2.05, 4.69) is 39.5 Å². The first-order valence-corrected chi connectivity index (χ1v) is 4.06. The Bertz CT molecular complexity index is 230. The first-order valence-electron chi connectivity index (χ1n) is 4.06. The van der Waals surface area contributed by atoms with Gasteiger partial charge in [-0.25, -0.2) is 0 Å².